The van der Waals surface area contributed by atoms with E-state index in [1.54, 1.807) is 11.5 Å². The van der Waals surface area contributed by atoms with Crippen LogP contribution in [-0.4, -0.2) is 17.6 Å². The van der Waals surface area contributed by atoms with E-state index in [0.717, 1.165) is 19.6 Å². The van der Waals surface area contributed by atoms with Gasteiger partial charge in [0.1, 0.15) is 0 Å². The van der Waals surface area contributed by atoms with Crippen LogP contribution in [0.1, 0.15) is 29.0 Å². The van der Waals surface area contributed by atoms with Gasteiger partial charge in [-0.1, -0.05) is 6.92 Å². The normalized spacial score (nSPS) is 17.8. The molecule has 1 aromatic heterocycles. The molecule has 0 radical (unpaired) electrons. The molecule has 0 amide bonds. The van der Waals surface area contributed by atoms with Gasteiger partial charge >= 0.3 is 0 Å². The van der Waals surface area contributed by atoms with Crippen molar-refractivity contribution in [2.45, 2.75) is 26.2 Å². The van der Waals surface area contributed by atoms with E-state index in [1.807, 2.05) is 0 Å². The van der Waals surface area contributed by atoms with E-state index in [-0.39, 0.29) is 0 Å². The molecule has 12 heavy (non-hydrogen) atoms. The molecule has 0 bridgehead atoms. The predicted molar refractivity (Wildman–Crippen MR) is 49.8 cm³/mol. The van der Waals surface area contributed by atoms with Crippen molar-refractivity contribution in [2.75, 3.05) is 13.2 Å². The Hall–Kier alpha value is -0.410. The maximum atomic E-state index is 5.16. The average molecular weight is 183 g/mol. The van der Waals surface area contributed by atoms with E-state index in [2.05, 4.69) is 18.2 Å². The largest absolute Gasteiger partial charge is 0.380 e. The minimum absolute atomic E-state index is 0.588. The summed E-state index contributed by atoms with van der Waals surface area (Å²) in [7, 11) is 0. The van der Waals surface area contributed by atoms with E-state index in [1.165, 1.54) is 16.1 Å². The minimum Gasteiger partial charge on any atom is -0.380 e. The molecular weight excluding hydrogens is 170 g/mol. The summed E-state index contributed by atoms with van der Waals surface area (Å²) in [5.74, 6) is 0.588. The van der Waals surface area contributed by atoms with Gasteiger partial charge in [-0.05, 0) is 30.4 Å². The minimum atomic E-state index is 0.588. The number of aromatic nitrogens is 1. The Balaban J connectivity index is 2.29. The molecule has 2 nitrogen and oxygen atoms in total. The highest BCUT2D eigenvalue weighted by atomic mass is 32.1. The number of nitrogens with zero attached hydrogens (tertiary/aromatic N) is 1. The van der Waals surface area contributed by atoms with Gasteiger partial charge in [0, 0.05) is 10.8 Å². The second-order valence-corrected chi connectivity index (χ2v) is 4.17. The van der Waals surface area contributed by atoms with Crippen LogP contribution in [0.2, 0.25) is 0 Å². The van der Waals surface area contributed by atoms with Crippen LogP contribution < -0.4 is 0 Å². The summed E-state index contributed by atoms with van der Waals surface area (Å²) in [6.45, 7) is 6.09. The number of hydrogen-bond acceptors (Lipinski definition) is 3. The lowest BCUT2D eigenvalue weighted by Gasteiger charge is -2.25. The molecule has 1 fully saturated rings. The van der Waals surface area contributed by atoms with E-state index < -0.39 is 0 Å². The highest BCUT2D eigenvalue weighted by molar-refractivity contribution is 7.05. The molecule has 0 spiro atoms. The number of hydrogen-bond donors (Lipinski definition) is 0. The average Bonchev–Trinajstić information content (AvgIpc) is 2.29. The molecule has 2 rings (SSSR count). The Bertz CT molecular complexity index is 278. The second kappa shape index (κ2) is 3.15. The van der Waals surface area contributed by atoms with Gasteiger partial charge in [-0.15, -0.1) is 0 Å². The van der Waals surface area contributed by atoms with Gasteiger partial charge in [0.05, 0.1) is 18.9 Å². The first kappa shape index (κ1) is 8.20. The number of aryl methyl sites for hydroxylation is 1. The molecule has 1 aliphatic heterocycles. The van der Waals surface area contributed by atoms with Gasteiger partial charge < -0.3 is 4.74 Å². The van der Waals surface area contributed by atoms with Crippen LogP contribution in [0.5, 0.6) is 0 Å². The molecule has 0 unspecified atom stereocenters. The van der Waals surface area contributed by atoms with Crippen molar-refractivity contribution in [2.24, 2.45) is 0 Å². The topological polar surface area (TPSA) is 22.1 Å². The summed E-state index contributed by atoms with van der Waals surface area (Å²) in [6, 6.07) is 0. The molecule has 1 aromatic rings. The molecule has 3 heteroatoms. The quantitative estimate of drug-likeness (QED) is 0.700. The van der Waals surface area contributed by atoms with E-state index in [0.29, 0.717) is 5.92 Å². The fourth-order valence-corrected chi connectivity index (χ4v) is 2.41. The molecule has 1 saturated heterocycles. The van der Waals surface area contributed by atoms with Crippen molar-refractivity contribution < 1.29 is 4.74 Å². The molecule has 0 aromatic carbocycles. The van der Waals surface area contributed by atoms with Crippen LogP contribution in [0, 0.1) is 6.92 Å². The van der Waals surface area contributed by atoms with Gasteiger partial charge in [-0.25, -0.2) is 0 Å². The van der Waals surface area contributed by atoms with Gasteiger partial charge in [0.2, 0.25) is 0 Å². The molecule has 0 atom stereocenters. The van der Waals surface area contributed by atoms with E-state index in [4.69, 9.17) is 4.74 Å². The van der Waals surface area contributed by atoms with Gasteiger partial charge in [-0.2, -0.15) is 4.37 Å². The number of ether oxygens (including phenoxy) is 1. The highest BCUT2D eigenvalue weighted by Crippen LogP contribution is 2.29. The Kier molecular flexibility index (Phi) is 2.15. The van der Waals surface area contributed by atoms with Crippen LogP contribution >= 0.6 is 11.5 Å². The fraction of sp³-hybridized carbons (Fsp3) is 0.667. The van der Waals surface area contributed by atoms with Gasteiger partial charge in [0.25, 0.3) is 0 Å². The van der Waals surface area contributed by atoms with Gasteiger partial charge in [0.15, 0.2) is 0 Å². The third kappa shape index (κ3) is 1.17. The Morgan fingerprint density at radius 1 is 1.58 bits per heavy atom. The first-order valence-corrected chi connectivity index (χ1v) is 5.13. The third-order valence-electron chi connectivity index (χ3n) is 2.39. The van der Waals surface area contributed by atoms with Crippen molar-refractivity contribution in [3.8, 4) is 0 Å². The Morgan fingerprint density at radius 3 is 2.83 bits per heavy atom. The summed E-state index contributed by atoms with van der Waals surface area (Å²) in [5, 5.41) is 0. The van der Waals surface area contributed by atoms with Crippen molar-refractivity contribution >= 4 is 11.5 Å². The number of rotatable bonds is 2. The lowest BCUT2D eigenvalue weighted by Crippen LogP contribution is -2.26. The first-order valence-electron chi connectivity index (χ1n) is 4.35. The smallest absolute Gasteiger partial charge is 0.0653 e. The monoisotopic (exact) mass is 183 g/mol. The predicted octanol–water partition coefficient (Wildman–Crippen LogP) is 2.13. The van der Waals surface area contributed by atoms with Crippen LogP contribution in [0.25, 0.3) is 0 Å². The maximum absolute atomic E-state index is 5.16. The molecular formula is C9H13NOS. The molecule has 66 valence electrons. The van der Waals surface area contributed by atoms with Crippen LogP contribution in [-0.2, 0) is 11.2 Å². The molecule has 0 aliphatic carbocycles. The second-order valence-electron chi connectivity index (χ2n) is 3.19. The summed E-state index contributed by atoms with van der Waals surface area (Å²) in [5.41, 5.74) is 2.75. The van der Waals surface area contributed by atoms with Gasteiger partial charge in [-0.3, -0.25) is 0 Å². The third-order valence-corrected chi connectivity index (χ3v) is 3.20. The lowest BCUT2D eigenvalue weighted by molar-refractivity contribution is 0.00674. The first-order chi connectivity index (χ1) is 5.83. The fourth-order valence-electron chi connectivity index (χ4n) is 1.55. The Morgan fingerprint density at radius 2 is 2.33 bits per heavy atom. The highest BCUT2D eigenvalue weighted by Gasteiger charge is 2.25. The van der Waals surface area contributed by atoms with Crippen molar-refractivity contribution in [1.29, 1.82) is 0 Å². The molecule has 1 aliphatic rings. The zero-order valence-corrected chi connectivity index (χ0v) is 8.28. The summed E-state index contributed by atoms with van der Waals surface area (Å²) in [4.78, 5) is 1.37. The Labute approximate surface area is 76.7 Å². The maximum Gasteiger partial charge on any atom is 0.0653 e. The molecule has 0 saturated carbocycles. The standard InChI is InChI=1S/C9H13NOS/c1-3-8-6(2)12-10-9(8)7-4-11-5-7/h7H,3-5H2,1-2H3. The van der Waals surface area contributed by atoms with E-state index in [9.17, 15) is 0 Å². The summed E-state index contributed by atoms with van der Waals surface area (Å²) >= 11 is 1.63. The van der Waals surface area contributed by atoms with Crippen molar-refractivity contribution in [3.63, 3.8) is 0 Å². The van der Waals surface area contributed by atoms with Crippen molar-refractivity contribution in [3.05, 3.63) is 16.1 Å². The zero-order chi connectivity index (χ0) is 8.55. The van der Waals surface area contributed by atoms with Crippen LogP contribution in [0.15, 0.2) is 0 Å². The summed E-state index contributed by atoms with van der Waals surface area (Å²) in [6.07, 6.45) is 1.11. The van der Waals surface area contributed by atoms with Crippen LogP contribution in [0.3, 0.4) is 0 Å². The van der Waals surface area contributed by atoms with Crippen LogP contribution in [0.4, 0.5) is 0 Å². The van der Waals surface area contributed by atoms with E-state index >= 15 is 0 Å². The molecule has 2 heterocycles. The molecule has 0 N–H and O–H groups in total. The SMILES string of the molecule is CCc1c(C2COC2)nsc1C. The zero-order valence-electron chi connectivity index (χ0n) is 7.46. The lowest BCUT2D eigenvalue weighted by atomic mass is 9.98. The van der Waals surface area contributed by atoms with Crippen molar-refractivity contribution in [1.82, 2.24) is 4.37 Å². The summed E-state index contributed by atoms with van der Waals surface area (Å²) < 4.78 is 9.63.